The maximum atomic E-state index is 13.6. The standard InChI is InChI=1S/C32H33NO6/c1-31(2)38-29-28(35-21-24-14-8-4-9-15-24)27-26(18-19-32(29,37-27)39-31)33(20-23-12-6-3-7-13-23)30(34)36-22-25-16-10-5-11-17-25/h3-19,26-29H,20-22H2,1-2H3/t26-,27+,28+,29+,32+/m1/s1. The highest BCUT2D eigenvalue weighted by molar-refractivity contribution is 5.69. The van der Waals surface area contributed by atoms with E-state index in [9.17, 15) is 4.79 Å². The lowest BCUT2D eigenvalue weighted by Gasteiger charge is -2.38. The van der Waals surface area contributed by atoms with Crippen LogP contribution in [0.1, 0.15) is 30.5 Å². The molecule has 2 fully saturated rings. The zero-order valence-corrected chi connectivity index (χ0v) is 22.1. The van der Waals surface area contributed by atoms with Crippen LogP contribution in [0.4, 0.5) is 4.79 Å². The zero-order chi connectivity index (χ0) is 26.9. The van der Waals surface area contributed by atoms with Crippen LogP contribution in [0.2, 0.25) is 0 Å². The Morgan fingerprint density at radius 3 is 2.05 bits per heavy atom. The largest absolute Gasteiger partial charge is 0.445 e. The van der Waals surface area contributed by atoms with Gasteiger partial charge in [0.15, 0.2) is 5.79 Å². The quantitative estimate of drug-likeness (QED) is 0.356. The molecule has 2 saturated heterocycles. The van der Waals surface area contributed by atoms with E-state index in [-0.39, 0.29) is 6.61 Å². The molecule has 2 bridgehead atoms. The van der Waals surface area contributed by atoms with Gasteiger partial charge in [0.2, 0.25) is 5.79 Å². The van der Waals surface area contributed by atoms with E-state index in [1.807, 2.05) is 117 Å². The Morgan fingerprint density at radius 2 is 1.41 bits per heavy atom. The van der Waals surface area contributed by atoms with Crippen molar-refractivity contribution in [2.45, 2.75) is 69.5 Å². The van der Waals surface area contributed by atoms with Gasteiger partial charge in [0, 0.05) is 6.54 Å². The van der Waals surface area contributed by atoms with Crippen molar-refractivity contribution in [3.8, 4) is 0 Å². The minimum atomic E-state index is -1.07. The summed E-state index contributed by atoms with van der Waals surface area (Å²) in [6.07, 6.45) is 1.94. The number of amides is 1. The van der Waals surface area contributed by atoms with E-state index in [1.54, 1.807) is 4.90 Å². The van der Waals surface area contributed by atoms with Crippen LogP contribution >= 0.6 is 0 Å². The molecular formula is C32H33NO6. The highest BCUT2D eigenvalue weighted by Gasteiger charge is 2.67. The fourth-order valence-electron chi connectivity index (χ4n) is 5.57. The first kappa shape index (κ1) is 25.8. The molecular weight excluding hydrogens is 494 g/mol. The smallest absolute Gasteiger partial charge is 0.410 e. The highest BCUT2D eigenvalue weighted by atomic mass is 16.9. The first-order chi connectivity index (χ1) is 18.9. The Balaban J connectivity index is 1.29. The third-order valence-electron chi connectivity index (χ3n) is 7.30. The summed E-state index contributed by atoms with van der Waals surface area (Å²) in [5, 5.41) is 0. The number of carbonyl (C=O) groups is 1. The van der Waals surface area contributed by atoms with Gasteiger partial charge in [0.05, 0.1) is 12.6 Å². The number of rotatable bonds is 8. The first-order valence-corrected chi connectivity index (χ1v) is 13.3. The summed E-state index contributed by atoms with van der Waals surface area (Å²) >= 11 is 0. The van der Waals surface area contributed by atoms with Gasteiger partial charge in [-0.25, -0.2) is 4.79 Å². The van der Waals surface area contributed by atoms with Crippen LogP contribution in [0.3, 0.4) is 0 Å². The Bertz CT molecular complexity index is 1300. The van der Waals surface area contributed by atoms with Crippen molar-refractivity contribution in [3.05, 3.63) is 120 Å². The second-order valence-corrected chi connectivity index (χ2v) is 10.6. The molecule has 3 aromatic carbocycles. The summed E-state index contributed by atoms with van der Waals surface area (Å²) in [6.45, 7) is 4.64. The van der Waals surface area contributed by atoms with Crippen LogP contribution in [0.25, 0.3) is 0 Å². The van der Waals surface area contributed by atoms with Gasteiger partial charge in [-0.05, 0) is 36.6 Å². The molecule has 5 atom stereocenters. The van der Waals surface area contributed by atoms with Crippen molar-refractivity contribution < 1.29 is 28.5 Å². The molecule has 3 aliphatic rings. The lowest BCUT2D eigenvalue weighted by molar-refractivity contribution is -0.254. The number of hydrogen-bond acceptors (Lipinski definition) is 6. The molecule has 1 amide bonds. The first-order valence-electron chi connectivity index (χ1n) is 13.3. The highest BCUT2D eigenvalue weighted by Crippen LogP contribution is 2.51. The van der Waals surface area contributed by atoms with E-state index in [1.165, 1.54) is 0 Å². The SMILES string of the molecule is CC1(C)O[C@H]2[C@@H](OCc3ccccc3)[C@H]3O[C@@]2(C=C[C@H]3N(Cc2ccccc2)C(=O)OCc2ccccc2)O1. The molecule has 202 valence electrons. The van der Waals surface area contributed by atoms with E-state index in [4.69, 9.17) is 23.7 Å². The van der Waals surface area contributed by atoms with Gasteiger partial charge in [0.1, 0.15) is 24.9 Å². The Kier molecular flexibility index (Phi) is 6.99. The molecule has 3 aromatic rings. The van der Waals surface area contributed by atoms with E-state index >= 15 is 0 Å². The van der Waals surface area contributed by atoms with Crippen molar-refractivity contribution in [1.29, 1.82) is 0 Å². The summed E-state index contributed by atoms with van der Waals surface area (Å²) in [7, 11) is 0. The minimum absolute atomic E-state index is 0.174. The molecule has 7 heteroatoms. The van der Waals surface area contributed by atoms with Crippen molar-refractivity contribution in [3.63, 3.8) is 0 Å². The molecule has 1 spiro atoms. The van der Waals surface area contributed by atoms with Gasteiger partial charge >= 0.3 is 6.09 Å². The molecule has 6 rings (SSSR count). The van der Waals surface area contributed by atoms with Gasteiger partial charge in [0.25, 0.3) is 0 Å². The zero-order valence-electron chi connectivity index (χ0n) is 22.1. The molecule has 0 radical (unpaired) electrons. The predicted octanol–water partition coefficient (Wildman–Crippen LogP) is 5.60. The molecule has 3 aliphatic heterocycles. The summed E-state index contributed by atoms with van der Waals surface area (Å²) in [6, 6.07) is 29.0. The van der Waals surface area contributed by atoms with E-state index in [2.05, 4.69) is 0 Å². The number of benzene rings is 3. The van der Waals surface area contributed by atoms with Crippen molar-refractivity contribution >= 4 is 6.09 Å². The molecule has 39 heavy (non-hydrogen) atoms. The topological polar surface area (TPSA) is 66.5 Å². The second-order valence-electron chi connectivity index (χ2n) is 10.6. The average molecular weight is 528 g/mol. The van der Waals surface area contributed by atoms with Crippen molar-refractivity contribution in [1.82, 2.24) is 4.90 Å². The second kappa shape index (κ2) is 10.6. The minimum Gasteiger partial charge on any atom is -0.445 e. The monoisotopic (exact) mass is 527 g/mol. The van der Waals surface area contributed by atoms with Crippen LogP contribution in [0.5, 0.6) is 0 Å². The third kappa shape index (κ3) is 5.36. The van der Waals surface area contributed by atoms with Crippen molar-refractivity contribution in [2.24, 2.45) is 0 Å². The van der Waals surface area contributed by atoms with Gasteiger partial charge in [-0.2, -0.15) is 0 Å². The number of hydrogen-bond donors (Lipinski definition) is 0. The fraction of sp³-hybridized carbons (Fsp3) is 0.344. The maximum Gasteiger partial charge on any atom is 0.410 e. The molecule has 0 aromatic heterocycles. The van der Waals surface area contributed by atoms with Crippen LogP contribution in [-0.2, 0) is 43.4 Å². The molecule has 7 nitrogen and oxygen atoms in total. The summed E-state index contributed by atoms with van der Waals surface area (Å²) in [4.78, 5) is 15.3. The fourth-order valence-corrected chi connectivity index (χ4v) is 5.57. The van der Waals surface area contributed by atoms with Gasteiger partial charge in [-0.1, -0.05) is 97.1 Å². The predicted molar refractivity (Wildman–Crippen MR) is 144 cm³/mol. The van der Waals surface area contributed by atoms with Gasteiger partial charge in [-0.3, -0.25) is 4.90 Å². The molecule has 0 aliphatic carbocycles. The number of nitrogens with zero attached hydrogens (tertiary/aromatic N) is 1. The van der Waals surface area contributed by atoms with Crippen LogP contribution in [0.15, 0.2) is 103 Å². The van der Waals surface area contributed by atoms with Gasteiger partial charge < -0.3 is 23.7 Å². The summed E-state index contributed by atoms with van der Waals surface area (Å²) in [5.74, 6) is -1.90. The van der Waals surface area contributed by atoms with E-state index < -0.39 is 42.0 Å². The summed E-state index contributed by atoms with van der Waals surface area (Å²) in [5.41, 5.74) is 2.94. The Hall–Kier alpha value is -3.49. The lowest BCUT2D eigenvalue weighted by Crippen LogP contribution is -2.52. The maximum absolute atomic E-state index is 13.6. The molecule has 0 saturated carbocycles. The van der Waals surface area contributed by atoms with Crippen LogP contribution in [-0.4, -0.2) is 46.9 Å². The van der Waals surface area contributed by atoms with Crippen LogP contribution < -0.4 is 0 Å². The third-order valence-corrected chi connectivity index (χ3v) is 7.30. The average Bonchev–Trinajstić information content (AvgIpc) is 3.33. The summed E-state index contributed by atoms with van der Waals surface area (Å²) < 4.78 is 31.5. The van der Waals surface area contributed by atoms with Crippen LogP contribution in [0, 0.1) is 0 Å². The Morgan fingerprint density at radius 1 is 0.821 bits per heavy atom. The molecule has 3 heterocycles. The number of carbonyl (C=O) groups excluding carboxylic acids is 1. The normalized spacial score (nSPS) is 28.2. The van der Waals surface area contributed by atoms with E-state index in [0.29, 0.717) is 13.2 Å². The van der Waals surface area contributed by atoms with Crippen molar-refractivity contribution in [2.75, 3.05) is 0 Å². The lowest BCUT2D eigenvalue weighted by atomic mass is 10.0. The number of ether oxygens (including phenoxy) is 5. The van der Waals surface area contributed by atoms with Gasteiger partial charge in [-0.15, -0.1) is 0 Å². The molecule has 0 N–H and O–H groups in total. The molecule has 0 unspecified atom stereocenters. The number of fused-ring (bicyclic) bond motifs is 1. The Labute approximate surface area is 228 Å². The van der Waals surface area contributed by atoms with E-state index in [0.717, 1.165) is 16.7 Å².